The Kier molecular flexibility index (Phi) is 4.42. The molecule has 0 amide bonds. The van der Waals surface area contributed by atoms with Crippen LogP contribution in [-0.4, -0.2) is 21.6 Å². The number of thioether (sulfide) groups is 1. The van der Waals surface area contributed by atoms with Crippen LogP contribution < -0.4 is 5.56 Å². The molecule has 2 aromatic rings. The SMILES string of the molecule is CSCCCCn1c(=S)[nH]c2sccc2c1=O. The van der Waals surface area contributed by atoms with Crippen LogP contribution in [0.25, 0.3) is 10.2 Å². The Bertz CT molecular complexity index is 611. The third kappa shape index (κ3) is 2.81. The highest BCUT2D eigenvalue weighted by atomic mass is 32.2. The van der Waals surface area contributed by atoms with Crippen molar-refractivity contribution < 1.29 is 0 Å². The average molecular weight is 286 g/mol. The predicted octanol–water partition coefficient (Wildman–Crippen LogP) is 3.26. The Hall–Kier alpha value is -0.590. The highest BCUT2D eigenvalue weighted by molar-refractivity contribution is 7.98. The Morgan fingerprint density at radius 3 is 3.12 bits per heavy atom. The van der Waals surface area contributed by atoms with Crippen molar-refractivity contribution in [2.75, 3.05) is 12.0 Å². The normalized spacial score (nSPS) is 11.1. The van der Waals surface area contributed by atoms with Gasteiger partial charge in [-0.2, -0.15) is 11.8 Å². The molecule has 2 rings (SSSR count). The van der Waals surface area contributed by atoms with E-state index in [-0.39, 0.29) is 5.56 Å². The minimum absolute atomic E-state index is 0.0363. The van der Waals surface area contributed by atoms with E-state index in [0.717, 1.165) is 28.8 Å². The summed E-state index contributed by atoms with van der Waals surface area (Å²) >= 11 is 8.57. The molecule has 2 aromatic heterocycles. The summed E-state index contributed by atoms with van der Waals surface area (Å²) in [5.41, 5.74) is 0.0363. The first-order chi connectivity index (χ1) is 8.24. The molecule has 6 heteroatoms. The van der Waals surface area contributed by atoms with Gasteiger partial charge in [-0.3, -0.25) is 9.36 Å². The molecule has 0 saturated carbocycles. The van der Waals surface area contributed by atoms with Crippen molar-refractivity contribution >= 4 is 45.5 Å². The lowest BCUT2D eigenvalue weighted by Gasteiger charge is -2.05. The summed E-state index contributed by atoms with van der Waals surface area (Å²) in [6, 6.07) is 1.85. The van der Waals surface area contributed by atoms with E-state index < -0.39 is 0 Å². The van der Waals surface area contributed by atoms with Gasteiger partial charge >= 0.3 is 0 Å². The molecule has 0 aliphatic rings. The zero-order valence-electron chi connectivity index (χ0n) is 9.56. The fourth-order valence-corrected chi connectivity index (χ4v) is 3.31. The number of hydrogen-bond donors (Lipinski definition) is 1. The highest BCUT2D eigenvalue weighted by Crippen LogP contribution is 2.14. The fourth-order valence-electron chi connectivity index (χ4n) is 1.70. The summed E-state index contributed by atoms with van der Waals surface area (Å²) in [7, 11) is 0. The van der Waals surface area contributed by atoms with Crippen LogP contribution in [-0.2, 0) is 6.54 Å². The van der Waals surface area contributed by atoms with Crippen molar-refractivity contribution in [3.8, 4) is 0 Å². The molecule has 0 aliphatic heterocycles. The lowest BCUT2D eigenvalue weighted by Crippen LogP contribution is -2.21. The summed E-state index contributed by atoms with van der Waals surface area (Å²) in [5, 5.41) is 2.66. The van der Waals surface area contributed by atoms with Crippen LogP contribution in [0.15, 0.2) is 16.2 Å². The van der Waals surface area contributed by atoms with Gasteiger partial charge < -0.3 is 4.98 Å². The molecule has 0 atom stereocenters. The van der Waals surface area contributed by atoms with Crippen LogP contribution in [0.5, 0.6) is 0 Å². The molecule has 3 nitrogen and oxygen atoms in total. The van der Waals surface area contributed by atoms with Gasteiger partial charge in [0.2, 0.25) is 0 Å². The summed E-state index contributed by atoms with van der Waals surface area (Å²) in [4.78, 5) is 16.1. The summed E-state index contributed by atoms with van der Waals surface area (Å²) in [5.74, 6) is 1.13. The standard InChI is InChI=1S/C11H14N2OS3/c1-16-6-3-2-5-13-10(14)8-4-7-17-9(8)12-11(13)15/h4,7H,2-3,5-6H2,1H3,(H,12,15). The van der Waals surface area contributed by atoms with Crippen LogP contribution in [0, 0.1) is 4.77 Å². The zero-order valence-corrected chi connectivity index (χ0v) is 12.0. The largest absolute Gasteiger partial charge is 0.323 e. The smallest absolute Gasteiger partial charge is 0.263 e. The number of nitrogens with zero attached hydrogens (tertiary/aromatic N) is 1. The van der Waals surface area contributed by atoms with Crippen molar-refractivity contribution in [3.63, 3.8) is 0 Å². The van der Waals surface area contributed by atoms with Crippen LogP contribution in [0.3, 0.4) is 0 Å². The second-order valence-corrected chi connectivity index (χ2v) is 6.04. The first-order valence-corrected chi connectivity index (χ1v) is 8.11. The Balaban J connectivity index is 2.27. The maximum Gasteiger partial charge on any atom is 0.263 e. The van der Waals surface area contributed by atoms with Gasteiger partial charge in [0.05, 0.1) is 5.39 Å². The second-order valence-electron chi connectivity index (χ2n) is 3.75. The second kappa shape index (κ2) is 5.84. The molecule has 1 N–H and O–H groups in total. The van der Waals surface area contributed by atoms with Gasteiger partial charge in [0, 0.05) is 6.54 Å². The minimum atomic E-state index is 0.0363. The van der Waals surface area contributed by atoms with E-state index >= 15 is 0 Å². The van der Waals surface area contributed by atoms with Gasteiger partial charge in [-0.15, -0.1) is 11.3 Å². The monoisotopic (exact) mass is 286 g/mol. The molecule has 0 fully saturated rings. The van der Waals surface area contributed by atoms with E-state index in [1.54, 1.807) is 4.57 Å². The number of H-pyrrole nitrogens is 1. The molecule has 0 bridgehead atoms. The number of rotatable bonds is 5. The minimum Gasteiger partial charge on any atom is -0.323 e. The van der Waals surface area contributed by atoms with Crippen molar-refractivity contribution in [1.29, 1.82) is 0 Å². The molecule has 0 unspecified atom stereocenters. The molecule has 0 saturated heterocycles. The van der Waals surface area contributed by atoms with Crippen LogP contribution in [0.1, 0.15) is 12.8 Å². The van der Waals surface area contributed by atoms with Gasteiger partial charge in [0.15, 0.2) is 4.77 Å². The summed E-state index contributed by atoms with van der Waals surface area (Å²) < 4.78 is 2.21. The third-order valence-electron chi connectivity index (χ3n) is 2.59. The molecule has 2 heterocycles. The predicted molar refractivity (Wildman–Crippen MR) is 78.9 cm³/mol. The fraction of sp³-hybridized carbons (Fsp3) is 0.455. The first kappa shape index (κ1) is 12.9. The van der Waals surface area contributed by atoms with E-state index in [9.17, 15) is 4.79 Å². The van der Waals surface area contributed by atoms with Crippen molar-refractivity contribution in [1.82, 2.24) is 9.55 Å². The van der Waals surface area contributed by atoms with Gasteiger partial charge in [-0.05, 0) is 48.5 Å². The maximum atomic E-state index is 12.2. The van der Waals surface area contributed by atoms with Crippen LogP contribution >= 0.6 is 35.3 Å². The number of unbranched alkanes of at least 4 members (excludes halogenated alkanes) is 1. The third-order valence-corrected chi connectivity index (χ3v) is 4.44. The number of thiophene rings is 1. The Morgan fingerprint density at radius 2 is 2.35 bits per heavy atom. The van der Waals surface area contributed by atoms with E-state index in [4.69, 9.17) is 12.2 Å². The maximum absolute atomic E-state index is 12.2. The average Bonchev–Trinajstić information content (AvgIpc) is 2.76. The van der Waals surface area contributed by atoms with Crippen molar-refractivity contribution in [2.45, 2.75) is 19.4 Å². The number of aromatic amines is 1. The molecular weight excluding hydrogens is 272 g/mol. The van der Waals surface area contributed by atoms with E-state index in [2.05, 4.69) is 11.2 Å². The summed E-state index contributed by atoms with van der Waals surface area (Å²) in [6.45, 7) is 0.709. The number of nitrogens with one attached hydrogen (secondary N) is 1. The quantitative estimate of drug-likeness (QED) is 0.677. The Morgan fingerprint density at radius 1 is 1.53 bits per heavy atom. The van der Waals surface area contributed by atoms with Gasteiger partial charge in [0.1, 0.15) is 4.83 Å². The van der Waals surface area contributed by atoms with Crippen LogP contribution in [0.4, 0.5) is 0 Å². The van der Waals surface area contributed by atoms with E-state index in [1.807, 2.05) is 23.2 Å². The zero-order chi connectivity index (χ0) is 12.3. The van der Waals surface area contributed by atoms with Crippen molar-refractivity contribution in [2.24, 2.45) is 0 Å². The topological polar surface area (TPSA) is 37.8 Å². The molecular formula is C11H14N2OS3. The van der Waals surface area contributed by atoms with Gasteiger partial charge in [-0.1, -0.05) is 0 Å². The molecule has 92 valence electrons. The van der Waals surface area contributed by atoms with Gasteiger partial charge in [0.25, 0.3) is 5.56 Å². The lowest BCUT2D eigenvalue weighted by molar-refractivity contribution is 0.604. The molecule has 0 aromatic carbocycles. The molecule has 17 heavy (non-hydrogen) atoms. The molecule has 0 radical (unpaired) electrons. The molecule has 0 spiro atoms. The van der Waals surface area contributed by atoms with Gasteiger partial charge in [-0.25, -0.2) is 0 Å². The van der Waals surface area contributed by atoms with Crippen molar-refractivity contribution in [3.05, 3.63) is 26.6 Å². The number of fused-ring (bicyclic) bond motifs is 1. The van der Waals surface area contributed by atoms with E-state index in [1.165, 1.54) is 11.3 Å². The lowest BCUT2D eigenvalue weighted by atomic mass is 10.3. The van der Waals surface area contributed by atoms with E-state index in [0.29, 0.717) is 11.3 Å². The highest BCUT2D eigenvalue weighted by Gasteiger charge is 2.05. The summed E-state index contributed by atoms with van der Waals surface area (Å²) in [6.07, 6.45) is 4.20. The Labute approximate surface area is 113 Å². The number of hydrogen-bond acceptors (Lipinski definition) is 4. The first-order valence-electron chi connectivity index (χ1n) is 5.43. The number of aromatic nitrogens is 2. The molecule has 0 aliphatic carbocycles. The van der Waals surface area contributed by atoms with Crippen LogP contribution in [0.2, 0.25) is 0 Å².